The summed E-state index contributed by atoms with van der Waals surface area (Å²) in [6.07, 6.45) is 0. The van der Waals surface area contributed by atoms with Crippen LogP contribution in [0, 0.1) is 0 Å². The first-order valence-electron chi connectivity index (χ1n) is 5.13. The second-order valence-electron chi connectivity index (χ2n) is 3.86. The normalized spacial score (nSPS) is 11.7. The summed E-state index contributed by atoms with van der Waals surface area (Å²) in [6, 6.07) is 3.63. The second kappa shape index (κ2) is 5.29. The van der Waals surface area contributed by atoms with Crippen molar-refractivity contribution in [3.63, 3.8) is 0 Å². The summed E-state index contributed by atoms with van der Waals surface area (Å²) in [4.78, 5) is 38.0. The van der Waals surface area contributed by atoms with Crippen LogP contribution in [0.3, 0.4) is 0 Å². The zero-order valence-electron chi connectivity index (χ0n) is 9.98. The predicted octanol–water partition coefficient (Wildman–Crippen LogP) is -0.419. The highest BCUT2D eigenvalue weighted by Gasteiger charge is 2.18. The van der Waals surface area contributed by atoms with E-state index >= 15 is 0 Å². The zero-order chi connectivity index (χ0) is 13.0. The van der Waals surface area contributed by atoms with Crippen LogP contribution >= 0.6 is 0 Å². The molecule has 0 aliphatic rings. The minimum atomic E-state index is -0.638. The van der Waals surface area contributed by atoms with Crippen molar-refractivity contribution in [2.24, 2.45) is 0 Å². The van der Waals surface area contributed by atoms with Crippen molar-refractivity contribution in [1.82, 2.24) is 15.2 Å². The number of carbonyl (C=O) groups excluding carboxylic acids is 2. The molecule has 1 atom stereocenters. The molecule has 1 heterocycles. The SMILES string of the molecule is CC(NC(=O)c1cccc(=O)[nH]1)C(=O)N(C)C. The monoisotopic (exact) mass is 237 g/mol. The molecule has 1 aromatic rings. The van der Waals surface area contributed by atoms with E-state index in [1.807, 2.05) is 0 Å². The topological polar surface area (TPSA) is 82.3 Å². The van der Waals surface area contributed by atoms with Gasteiger partial charge in [-0.15, -0.1) is 0 Å². The van der Waals surface area contributed by atoms with Gasteiger partial charge in [-0.05, 0) is 13.0 Å². The molecule has 0 fully saturated rings. The molecule has 0 radical (unpaired) electrons. The van der Waals surface area contributed by atoms with Crippen LogP contribution < -0.4 is 10.9 Å². The molecule has 1 rings (SSSR count). The van der Waals surface area contributed by atoms with E-state index in [1.165, 1.54) is 23.1 Å². The van der Waals surface area contributed by atoms with Gasteiger partial charge in [-0.2, -0.15) is 0 Å². The Morgan fingerprint density at radius 1 is 1.35 bits per heavy atom. The Labute approximate surface area is 98.6 Å². The minimum Gasteiger partial charge on any atom is -0.347 e. The van der Waals surface area contributed by atoms with E-state index < -0.39 is 11.9 Å². The van der Waals surface area contributed by atoms with E-state index in [4.69, 9.17) is 0 Å². The maximum Gasteiger partial charge on any atom is 0.268 e. The summed E-state index contributed by atoms with van der Waals surface area (Å²) in [6.45, 7) is 1.58. The summed E-state index contributed by atoms with van der Waals surface area (Å²) in [5, 5.41) is 2.50. The predicted molar refractivity (Wildman–Crippen MR) is 62.7 cm³/mol. The van der Waals surface area contributed by atoms with E-state index in [2.05, 4.69) is 10.3 Å². The number of likely N-dealkylation sites (N-methyl/N-ethyl adjacent to an activating group) is 1. The number of nitrogens with one attached hydrogen (secondary N) is 2. The number of amides is 2. The highest BCUT2D eigenvalue weighted by atomic mass is 16.2. The molecule has 0 aromatic carbocycles. The molecule has 2 N–H and O–H groups in total. The molecule has 2 amide bonds. The van der Waals surface area contributed by atoms with Crippen LogP contribution in [0.2, 0.25) is 0 Å². The van der Waals surface area contributed by atoms with Gasteiger partial charge < -0.3 is 15.2 Å². The maximum atomic E-state index is 11.7. The third kappa shape index (κ3) is 3.44. The van der Waals surface area contributed by atoms with Crippen LogP contribution in [0.15, 0.2) is 23.0 Å². The zero-order valence-corrected chi connectivity index (χ0v) is 9.98. The van der Waals surface area contributed by atoms with Crippen molar-refractivity contribution >= 4 is 11.8 Å². The van der Waals surface area contributed by atoms with Crippen LogP contribution in [0.25, 0.3) is 0 Å². The Kier molecular flexibility index (Phi) is 4.03. The third-order valence-corrected chi connectivity index (χ3v) is 2.17. The van der Waals surface area contributed by atoms with Gasteiger partial charge in [0.1, 0.15) is 11.7 Å². The lowest BCUT2D eigenvalue weighted by molar-refractivity contribution is -0.130. The molecule has 92 valence electrons. The Morgan fingerprint density at radius 2 is 2.00 bits per heavy atom. The van der Waals surface area contributed by atoms with Gasteiger partial charge in [0, 0.05) is 20.2 Å². The standard InChI is InChI=1S/C11H15N3O3/c1-7(11(17)14(2)3)12-10(16)8-5-4-6-9(15)13-8/h4-7H,1-3H3,(H,12,16)(H,13,15). The van der Waals surface area contributed by atoms with Gasteiger partial charge in [0.15, 0.2) is 0 Å². The molecule has 0 spiro atoms. The number of nitrogens with zero attached hydrogens (tertiary/aromatic N) is 1. The molecular weight excluding hydrogens is 222 g/mol. The van der Waals surface area contributed by atoms with Gasteiger partial charge in [-0.3, -0.25) is 14.4 Å². The van der Waals surface area contributed by atoms with Crippen LogP contribution in [-0.4, -0.2) is 41.8 Å². The molecule has 17 heavy (non-hydrogen) atoms. The molecule has 1 aromatic heterocycles. The minimum absolute atomic E-state index is 0.135. The first-order valence-corrected chi connectivity index (χ1v) is 5.13. The molecule has 0 saturated carbocycles. The van der Waals surface area contributed by atoms with E-state index in [9.17, 15) is 14.4 Å². The maximum absolute atomic E-state index is 11.7. The second-order valence-corrected chi connectivity index (χ2v) is 3.86. The average Bonchev–Trinajstić information content (AvgIpc) is 2.27. The van der Waals surface area contributed by atoms with Gasteiger partial charge in [-0.25, -0.2) is 0 Å². The number of hydrogen-bond donors (Lipinski definition) is 2. The summed E-state index contributed by atoms with van der Waals surface area (Å²) in [7, 11) is 3.21. The van der Waals surface area contributed by atoms with Crippen molar-refractivity contribution in [2.75, 3.05) is 14.1 Å². The van der Waals surface area contributed by atoms with Crippen molar-refractivity contribution in [3.05, 3.63) is 34.2 Å². The third-order valence-electron chi connectivity index (χ3n) is 2.17. The first-order chi connectivity index (χ1) is 7.91. The summed E-state index contributed by atoms with van der Waals surface area (Å²) < 4.78 is 0. The number of aromatic nitrogens is 1. The lowest BCUT2D eigenvalue weighted by Gasteiger charge is -2.17. The van der Waals surface area contributed by atoms with Crippen LogP contribution in [0.4, 0.5) is 0 Å². The van der Waals surface area contributed by atoms with E-state index in [0.717, 1.165) is 0 Å². The highest BCUT2D eigenvalue weighted by Crippen LogP contribution is 1.94. The largest absolute Gasteiger partial charge is 0.347 e. The van der Waals surface area contributed by atoms with Gasteiger partial charge in [-0.1, -0.05) is 6.07 Å². The summed E-state index contributed by atoms with van der Waals surface area (Å²) in [5.74, 6) is -0.693. The van der Waals surface area contributed by atoms with E-state index in [0.29, 0.717) is 0 Å². The molecular formula is C11H15N3O3. The molecule has 6 nitrogen and oxygen atoms in total. The first kappa shape index (κ1) is 13.0. The van der Waals surface area contributed by atoms with Crippen LogP contribution in [0.5, 0.6) is 0 Å². The number of aromatic amines is 1. The highest BCUT2D eigenvalue weighted by molar-refractivity contribution is 5.95. The number of rotatable bonds is 3. The fourth-order valence-corrected chi connectivity index (χ4v) is 1.30. The number of H-pyrrole nitrogens is 1. The van der Waals surface area contributed by atoms with Gasteiger partial charge in [0.25, 0.3) is 5.91 Å². The van der Waals surface area contributed by atoms with Gasteiger partial charge in [0.2, 0.25) is 11.5 Å². The Bertz CT molecular complexity index is 479. The fourth-order valence-electron chi connectivity index (χ4n) is 1.30. The van der Waals surface area contributed by atoms with Gasteiger partial charge in [0.05, 0.1) is 0 Å². The molecule has 1 unspecified atom stereocenters. The number of hydrogen-bond acceptors (Lipinski definition) is 3. The summed E-state index contributed by atoms with van der Waals surface area (Å²) in [5.41, 5.74) is -0.222. The van der Waals surface area contributed by atoms with E-state index in [-0.39, 0.29) is 17.2 Å². The molecule has 0 aliphatic heterocycles. The summed E-state index contributed by atoms with van der Waals surface area (Å²) >= 11 is 0. The Morgan fingerprint density at radius 3 is 2.53 bits per heavy atom. The smallest absolute Gasteiger partial charge is 0.268 e. The van der Waals surface area contributed by atoms with Crippen molar-refractivity contribution in [3.8, 4) is 0 Å². The number of carbonyl (C=O) groups is 2. The Hall–Kier alpha value is -2.11. The molecule has 0 aliphatic carbocycles. The Balaban J connectivity index is 2.73. The molecule has 0 bridgehead atoms. The van der Waals surface area contributed by atoms with Crippen molar-refractivity contribution in [1.29, 1.82) is 0 Å². The average molecular weight is 237 g/mol. The van der Waals surface area contributed by atoms with Crippen molar-refractivity contribution in [2.45, 2.75) is 13.0 Å². The lowest BCUT2D eigenvalue weighted by Crippen LogP contribution is -2.44. The quantitative estimate of drug-likeness (QED) is 0.749. The van der Waals surface area contributed by atoms with Gasteiger partial charge >= 0.3 is 0 Å². The lowest BCUT2D eigenvalue weighted by atomic mass is 10.2. The van der Waals surface area contributed by atoms with E-state index in [1.54, 1.807) is 21.0 Å². The molecule has 0 saturated heterocycles. The van der Waals surface area contributed by atoms with Crippen molar-refractivity contribution < 1.29 is 9.59 Å². The van der Waals surface area contributed by atoms with Crippen LogP contribution in [-0.2, 0) is 4.79 Å². The number of pyridine rings is 1. The fraction of sp³-hybridized carbons (Fsp3) is 0.364. The molecule has 6 heteroatoms. The van der Waals surface area contributed by atoms with Crippen LogP contribution in [0.1, 0.15) is 17.4 Å².